The summed E-state index contributed by atoms with van der Waals surface area (Å²) >= 11 is 4.99. The predicted molar refractivity (Wildman–Crippen MR) is 87.4 cm³/mol. The number of amides is 1. The first-order valence-electron chi connectivity index (χ1n) is 6.83. The molecular weight excluding hydrogens is 356 g/mol. The highest BCUT2D eigenvalue weighted by Crippen LogP contribution is 2.23. The van der Waals surface area contributed by atoms with E-state index in [9.17, 15) is 9.59 Å². The molecule has 0 saturated heterocycles. The zero-order valence-corrected chi connectivity index (χ0v) is 14.8. The Morgan fingerprint density at radius 3 is 2.52 bits per heavy atom. The number of carboxylic acids is 1. The molecule has 0 bridgehead atoms. The van der Waals surface area contributed by atoms with E-state index in [0.29, 0.717) is 13.1 Å². The summed E-state index contributed by atoms with van der Waals surface area (Å²) in [7, 11) is 0. The molecule has 1 aromatic heterocycles. The van der Waals surface area contributed by atoms with Crippen LogP contribution in [0, 0.1) is 5.92 Å². The topological polar surface area (TPSA) is 69.6 Å². The van der Waals surface area contributed by atoms with Crippen LogP contribution in [0.4, 0.5) is 0 Å². The van der Waals surface area contributed by atoms with Crippen LogP contribution < -0.4 is 5.32 Å². The van der Waals surface area contributed by atoms with Gasteiger partial charge in [-0.15, -0.1) is 11.3 Å². The van der Waals surface area contributed by atoms with Gasteiger partial charge in [-0.1, -0.05) is 13.8 Å². The molecule has 2 N–H and O–H groups in total. The number of halogens is 1. The van der Waals surface area contributed by atoms with Gasteiger partial charge >= 0.3 is 5.97 Å². The molecule has 0 aliphatic carbocycles. The Labute approximate surface area is 137 Å². The van der Waals surface area contributed by atoms with Gasteiger partial charge in [-0.2, -0.15) is 0 Å². The Morgan fingerprint density at radius 2 is 2.10 bits per heavy atom. The van der Waals surface area contributed by atoms with E-state index in [1.54, 1.807) is 16.2 Å². The van der Waals surface area contributed by atoms with Crippen LogP contribution in [-0.4, -0.2) is 41.0 Å². The van der Waals surface area contributed by atoms with E-state index in [0.717, 1.165) is 8.66 Å². The molecule has 0 aliphatic heterocycles. The molecule has 5 nitrogen and oxygen atoms in total. The summed E-state index contributed by atoms with van der Waals surface area (Å²) in [6.07, 6.45) is 0. The first kappa shape index (κ1) is 18.1. The minimum Gasteiger partial charge on any atom is -0.480 e. The molecule has 7 heteroatoms. The molecule has 1 heterocycles. The van der Waals surface area contributed by atoms with Crippen molar-refractivity contribution in [3.05, 3.63) is 20.8 Å². The number of hydrogen-bond donors (Lipinski definition) is 2. The van der Waals surface area contributed by atoms with Gasteiger partial charge in [0.15, 0.2) is 0 Å². The molecule has 0 aromatic carbocycles. The smallest absolute Gasteiger partial charge is 0.320 e. The Bertz CT molecular complexity index is 490. The fraction of sp³-hybridized carbons (Fsp3) is 0.571. The summed E-state index contributed by atoms with van der Waals surface area (Å²) in [5.41, 5.74) is 0. The largest absolute Gasteiger partial charge is 0.480 e. The first-order chi connectivity index (χ1) is 9.85. The lowest BCUT2D eigenvalue weighted by molar-refractivity contribution is -0.141. The van der Waals surface area contributed by atoms with Gasteiger partial charge < -0.3 is 10.0 Å². The van der Waals surface area contributed by atoms with E-state index in [4.69, 9.17) is 5.11 Å². The van der Waals surface area contributed by atoms with Crippen molar-refractivity contribution in [3.8, 4) is 0 Å². The SMILES string of the molecule is CCN(Cc1ccc(Br)s1)C(=O)CNC(C(=O)O)C(C)C. The van der Waals surface area contributed by atoms with E-state index in [-0.39, 0.29) is 18.4 Å². The van der Waals surface area contributed by atoms with Crippen molar-refractivity contribution in [1.29, 1.82) is 0 Å². The lowest BCUT2D eigenvalue weighted by Crippen LogP contribution is -2.46. The third-order valence-corrected chi connectivity index (χ3v) is 4.72. The van der Waals surface area contributed by atoms with Crippen molar-refractivity contribution in [1.82, 2.24) is 10.2 Å². The molecule has 0 saturated carbocycles. The fourth-order valence-corrected chi connectivity index (χ4v) is 3.42. The minimum absolute atomic E-state index is 0.0372. The Hall–Kier alpha value is -0.920. The lowest BCUT2D eigenvalue weighted by Gasteiger charge is -2.23. The van der Waals surface area contributed by atoms with Crippen LogP contribution in [0.5, 0.6) is 0 Å². The van der Waals surface area contributed by atoms with Gasteiger partial charge in [-0.25, -0.2) is 0 Å². The number of thiophene rings is 1. The summed E-state index contributed by atoms with van der Waals surface area (Å²) in [4.78, 5) is 26.1. The molecule has 118 valence electrons. The van der Waals surface area contributed by atoms with Gasteiger partial charge in [0, 0.05) is 11.4 Å². The third-order valence-electron chi connectivity index (χ3n) is 3.12. The van der Waals surface area contributed by atoms with Crippen LogP contribution in [0.25, 0.3) is 0 Å². The number of likely N-dealkylation sites (N-methyl/N-ethyl adjacent to an activating group) is 1. The van der Waals surface area contributed by atoms with Crippen molar-refractivity contribution in [3.63, 3.8) is 0 Å². The standard InChI is InChI=1S/C14H21BrN2O3S/c1-4-17(8-10-5-6-11(15)21-10)12(18)7-16-13(9(2)3)14(19)20/h5-6,9,13,16H,4,7-8H2,1-3H3,(H,19,20). The second-order valence-corrected chi connectivity index (χ2v) is 7.60. The van der Waals surface area contributed by atoms with Crippen LogP contribution >= 0.6 is 27.3 Å². The summed E-state index contributed by atoms with van der Waals surface area (Å²) < 4.78 is 1.03. The number of aliphatic carboxylic acids is 1. The van der Waals surface area contributed by atoms with E-state index < -0.39 is 12.0 Å². The molecule has 1 amide bonds. The Kier molecular flexibility index (Phi) is 7.34. The molecule has 0 spiro atoms. The van der Waals surface area contributed by atoms with E-state index in [1.165, 1.54) is 0 Å². The molecule has 1 aromatic rings. The maximum Gasteiger partial charge on any atom is 0.320 e. The minimum atomic E-state index is -0.928. The van der Waals surface area contributed by atoms with Crippen LogP contribution in [0.2, 0.25) is 0 Å². The average Bonchev–Trinajstić information content (AvgIpc) is 2.80. The molecule has 21 heavy (non-hydrogen) atoms. The van der Waals surface area contributed by atoms with Crippen molar-refractivity contribution < 1.29 is 14.7 Å². The maximum atomic E-state index is 12.2. The highest BCUT2D eigenvalue weighted by atomic mass is 79.9. The summed E-state index contributed by atoms with van der Waals surface area (Å²) in [6.45, 7) is 6.73. The van der Waals surface area contributed by atoms with Crippen LogP contribution in [0.1, 0.15) is 25.6 Å². The van der Waals surface area contributed by atoms with Crippen molar-refractivity contribution in [2.75, 3.05) is 13.1 Å². The van der Waals surface area contributed by atoms with Gasteiger partial charge in [-0.05, 0) is 40.9 Å². The highest BCUT2D eigenvalue weighted by molar-refractivity contribution is 9.11. The van der Waals surface area contributed by atoms with Gasteiger partial charge in [0.1, 0.15) is 6.04 Å². The molecule has 0 aliphatic rings. The predicted octanol–water partition coefficient (Wildman–Crippen LogP) is 2.56. The molecule has 1 unspecified atom stereocenters. The third kappa shape index (κ3) is 5.76. The van der Waals surface area contributed by atoms with Gasteiger partial charge in [0.25, 0.3) is 0 Å². The second kappa shape index (κ2) is 8.51. The average molecular weight is 377 g/mol. The van der Waals surface area contributed by atoms with Crippen LogP contribution in [-0.2, 0) is 16.1 Å². The molecule has 1 rings (SSSR count). The number of rotatable bonds is 8. The van der Waals surface area contributed by atoms with Gasteiger partial charge in [-0.3, -0.25) is 14.9 Å². The number of nitrogens with zero attached hydrogens (tertiary/aromatic N) is 1. The number of carbonyl (C=O) groups excluding carboxylic acids is 1. The van der Waals surface area contributed by atoms with Gasteiger partial charge in [0.2, 0.25) is 5.91 Å². The fourth-order valence-electron chi connectivity index (χ4n) is 1.92. The Balaban J connectivity index is 2.57. The quantitative estimate of drug-likeness (QED) is 0.731. The zero-order chi connectivity index (χ0) is 16.0. The molecule has 0 fully saturated rings. The second-order valence-electron chi connectivity index (χ2n) is 5.05. The van der Waals surface area contributed by atoms with Crippen LogP contribution in [0.3, 0.4) is 0 Å². The lowest BCUT2D eigenvalue weighted by atomic mass is 10.1. The number of nitrogens with one attached hydrogen (secondary N) is 1. The maximum absolute atomic E-state index is 12.2. The summed E-state index contributed by atoms with van der Waals surface area (Å²) in [5.74, 6) is -1.09. The first-order valence-corrected chi connectivity index (χ1v) is 8.44. The highest BCUT2D eigenvalue weighted by Gasteiger charge is 2.22. The van der Waals surface area contributed by atoms with Crippen LogP contribution in [0.15, 0.2) is 15.9 Å². The van der Waals surface area contributed by atoms with E-state index in [1.807, 2.05) is 32.9 Å². The molecular formula is C14H21BrN2O3S. The summed E-state index contributed by atoms with van der Waals surface area (Å²) in [6, 6.07) is 3.23. The number of hydrogen-bond acceptors (Lipinski definition) is 4. The van der Waals surface area contributed by atoms with Gasteiger partial charge in [0.05, 0.1) is 16.9 Å². The zero-order valence-electron chi connectivity index (χ0n) is 12.4. The van der Waals surface area contributed by atoms with Crippen molar-refractivity contribution in [2.24, 2.45) is 5.92 Å². The van der Waals surface area contributed by atoms with E-state index in [2.05, 4.69) is 21.2 Å². The number of carbonyl (C=O) groups is 2. The van der Waals surface area contributed by atoms with E-state index >= 15 is 0 Å². The molecule has 1 atom stereocenters. The summed E-state index contributed by atoms with van der Waals surface area (Å²) in [5, 5.41) is 11.9. The van der Waals surface area contributed by atoms with Crippen molar-refractivity contribution in [2.45, 2.75) is 33.4 Å². The monoisotopic (exact) mass is 376 g/mol. The van der Waals surface area contributed by atoms with Crippen molar-refractivity contribution >= 4 is 39.1 Å². The normalized spacial score (nSPS) is 12.4. The number of carboxylic acid groups (broad SMARTS) is 1. The molecule has 0 radical (unpaired) electrons. The Morgan fingerprint density at radius 1 is 1.43 bits per heavy atom.